The number of nitrogens with zero attached hydrogens (tertiary/aromatic N) is 1. The molecule has 1 fully saturated rings. The molecule has 7 heteroatoms. The molecule has 1 aliphatic rings. The number of pyridine rings is 1. The number of nitrogens with one attached hydrogen (secondary N) is 1. The molecular weight excluding hydrogens is 276 g/mol. The molecule has 2 rings (SSSR count). The number of ether oxygens (including phenoxy) is 2. The zero-order valence-electron chi connectivity index (χ0n) is 11.9. The van der Waals surface area contributed by atoms with Crippen molar-refractivity contribution in [2.75, 3.05) is 26.4 Å². The van der Waals surface area contributed by atoms with E-state index in [2.05, 4.69) is 5.32 Å². The summed E-state index contributed by atoms with van der Waals surface area (Å²) >= 11 is 0. The summed E-state index contributed by atoms with van der Waals surface area (Å²) in [6.07, 6.45) is 1.90. The lowest BCUT2D eigenvalue weighted by Gasteiger charge is -2.31. The van der Waals surface area contributed by atoms with Crippen LogP contribution in [0, 0.1) is 0 Å². The van der Waals surface area contributed by atoms with Crippen LogP contribution in [-0.2, 0) is 16.5 Å². The second-order valence-corrected chi connectivity index (χ2v) is 4.94. The SMILES string of the molecule is Cn1ccc(C(=O)N[C@@H]2CCOC[C@H]2OCCO)cc1=O. The Balaban J connectivity index is 2.02. The van der Waals surface area contributed by atoms with Crippen LogP contribution in [0.1, 0.15) is 16.8 Å². The first-order chi connectivity index (χ1) is 10.1. The van der Waals surface area contributed by atoms with Gasteiger partial charge in [0.2, 0.25) is 0 Å². The lowest BCUT2D eigenvalue weighted by molar-refractivity contribution is -0.0737. The molecule has 0 saturated carbocycles. The Morgan fingerprint density at radius 3 is 3.14 bits per heavy atom. The van der Waals surface area contributed by atoms with Crippen molar-refractivity contribution in [1.82, 2.24) is 9.88 Å². The second kappa shape index (κ2) is 7.35. The molecule has 0 aromatic carbocycles. The lowest BCUT2D eigenvalue weighted by atomic mass is 10.1. The maximum Gasteiger partial charge on any atom is 0.251 e. The Kier molecular flexibility index (Phi) is 5.49. The quantitative estimate of drug-likeness (QED) is 0.748. The third-order valence-corrected chi connectivity index (χ3v) is 3.41. The fourth-order valence-corrected chi connectivity index (χ4v) is 2.19. The van der Waals surface area contributed by atoms with Gasteiger partial charge in [0.05, 0.1) is 25.9 Å². The predicted molar refractivity (Wildman–Crippen MR) is 75.2 cm³/mol. The van der Waals surface area contributed by atoms with Crippen molar-refractivity contribution in [3.05, 3.63) is 34.2 Å². The van der Waals surface area contributed by atoms with Gasteiger partial charge in [-0.25, -0.2) is 0 Å². The summed E-state index contributed by atoms with van der Waals surface area (Å²) in [6.45, 7) is 1.04. The highest BCUT2D eigenvalue weighted by Gasteiger charge is 2.28. The molecule has 1 amide bonds. The van der Waals surface area contributed by atoms with Gasteiger partial charge in [-0.3, -0.25) is 9.59 Å². The van der Waals surface area contributed by atoms with Crippen molar-refractivity contribution >= 4 is 5.91 Å². The van der Waals surface area contributed by atoms with Gasteiger partial charge in [0.25, 0.3) is 11.5 Å². The van der Waals surface area contributed by atoms with Gasteiger partial charge in [0.15, 0.2) is 0 Å². The summed E-state index contributed by atoms with van der Waals surface area (Å²) in [7, 11) is 1.63. The number of aliphatic hydroxyl groups is 1. The van der Waals surface area contributed by atoms with Gasteiger partial charge in [-0.1, -0.05) is 0 Å². The maximum atomic E-state index is 12.2. The molecule has 21 heavy (non-hydrogen) atoms. The molecular formula is C14H20N2O5. The van der Waals surface area contributed by atoms with Crippen molar-refractivity contribution in [3.63, 3.8) is 0 Å². The fourth-order valence-electron chi connectivity index (χ4n) is 2.19. The molecule has 2 atom stereocenters. The molecule has 0 unspecified atom stereocenters. The van der Waals surface area contributed by atoms with Crippen LogP contribution in [0.3, 0.4) is 0 Å². The predicted octanol–water partition coefficient (Wildman–Crippen LogP) is -0.718. The first kappa shape index (κ1) is 15.7. The Bertz CT molecular complexity index is 542. The van der Waals surface area contributed by atoms with Crippen LogP contribution in [-0.4, -0.2) is 54.2 Å². The number of amides is 1. The van der Waals surface area contributed by atoms with E-state index in [-0.39, 0.29) is 36.8 Å². The summed E-state index contributed by atoms with van der Waals surface area (Å²) in [5, 5.41) is 11.7. The average Bonchev–Trinajstić information content (AvgIpc) is 2.49. The number of aromatic nitrogens is 1. The van der Waals surface area contributed by atoms with E-state index in [1.54, 1.807) is 19.3 Å². The Morgan fingerprint density at radius 1 is 1.62 bits per heavy atom. The third-order valence-electron chi connectivity index (χ3n) is 3.41. The number of hydrogen-bond donors (Lipinski definition) is 2. The lowest BCUT2D eigenvalue weighted by Crippen LogP contribution is -2.50. The van der Waals surface area contributed by atoms with Crippen LogP contribution in [0.4, 0.5) is 0 Å². The Hall–Kier alpha value is -1.70. The van der Waals surface area contributed by atoms with Gasteiger partial charge in [0.1, 0.15) is 6.10 Å². The highest BCUT2D eigenvalue weighted by molar-refractivity contribution is 5.94. The summed E-state index contributed by atoms with van der Waals surface area (Å²) in [5.74, 6) is -0.308. The van der Waals surface area contributed by atoms with E-state index in [4.69, 9.17) is 14.6 Å². The van der Waals surface area contributed by atoms with Gasteiger partial charge in [0, 0.05) is 31.5 Å². The van der Waals surface area contributed by atoms with Crippen LogP contribution in [0.5, 0.6) is 0 Å². The minimum Gasteiger partial charge on any atom is -0.394 e. The molecule has 0 radical (unpaired) electrons. The molecule has 2 N–H and O–H groups in total. The molecule has 1 aromatic rings. The maximum absolute atomic E-state index is 12.2. The van der Waals surface area contributed by atoms with Crippen molar-refractivity contribution in [2.45, 2.75) is 18.6 Å². The normalized spacial score (nSPS) is 22.0. The van der Waals surface area contributed by atoms with E-state index in [0.717, 1.165) is 0 Å². The minimum absolute atomic E-state index is 0.0775. The number of hydrogen-bond acceptors (Lipinski definition) is 5. The van der Waals surface area contributed by atoms with Crippen LogP contribution >= 0.6 is 0 Å². The molecule has 0 bridgehead atoms. The van der Waals surface area contributed by atoms with E-state index in [1.165, 1.54) is 10.6 Å². The minimum atomic E-state index is -0.308. The highest BCUT2D eigenvalue weighted by Crippen LogP contribution is 2.12. The van der Waals surface area contributed by atoms with Gasteiger partial charge in [-0.05, 0) is 12.5 Å². The molecule has 0 spiro atoms. The summed E-state index contributed by atoms with van der Waals surface area (Å²) in [5.41, 5.74) is 0.0909. The largest absolute Gasteiger partial charge is 0.394 e. The molecule has 116 valence electrons. The van der Waals surface area contributed by atoms with Crippen LogP contribution in [0.2, 0.25) is 0 Å². The van der Waals surface area contributed by atoms with Crippen LogP contribution in [0.15, 0.2) is 23.1 Å². The standard InChI is InChI=1S/C14H20N2O5/c1-16-4-2-10(8-13(16)18)14(19)15-11-3-6-20-9-12(11)21-7-5-17/h2,4,8,11-12,17H,3,5-7,9H2,1H3,(H,15,19)/t11-,12-/m1/s1. The van der Waals surface area contributed by atoms with Crippen LogP contribution in [0.25, 0.3) is 0 Å². The average molecular weight is 296 g/mol. The number of carbonyl (C=O) groups excluding carboxylic acids is 1. The fraction of sp³-hybridized carbons (Fsp3) is 0.571. The second-order valence-electron chi connectivity index (χ2n) is 4.94. The smallest absolute Gasteiger partial charge is 0.251 e. The van der Waals surface area contributed by atoms with Crippen LogP contribution < -0.4 is 10.9 Å². The summed E-state index contributed by atoms with van der Waals surface area (Å²) in [6, 6.07) is 2.71. The van der Waals surface area contributed by atoms with Gasteiger partial charge < -0.3 is 24.5 Å². The van der Waals surface area contributed by atoms with E-state index in [0.29, 0.717) is 25.2 Å². The van der Waals surface area contributed by atoms with E-state index >= 15 is 0 Å². The number of aliphatic hydroxyl groups excluding tert-OH is 1. The topological polar surface area (TPSA) is 89.8 Å². The first-order valence-corrected chi connectivity index (χ1v) is 6.89. The molecule has 1 aromatic heterocycles. The zero-order chi connectivity index (χ0) is 15.2. The Labute approximate surface area is 122 Å². The number of rotatable bonds is 5. The van der Waals surface area contributed by atoms with Crippen molar-refractivity contribution < 1.29 is 19.4 Å². The number of carbonyl (C=O) groups is 1. The van der Waals surface area contributed by atoms with E-state index < -0.39 is 0 Å². The summed E-state index contributed by atoms with van der Waals surface area (Å²) < 4.78 is 12.2. The van der Waals surface area contributed by atoms with Gasteiger partial charge >= 0.3 is 0 Å². The molecule has 2 heterocycles. The van der Waals surface area contributed by atoms with Crippen molar-refractivity contribution in [3.8, 4) is 0 Å². The molecule has 0 aliphatic carbocycles. The number of aryl methyl sites for hydroxylation is 1. The molecule has 7 nitrogen and oxygen atoms in total. The van der Waals surface area contributed by atoms with Crippen molar-refractivity contribution in [2.24, 2.45) is 7.05 Å². The monoisotopic (exact) mass is 296 g/mol. The van der Waals surface area contributed by atoms with E-state index in [1.807, 2.05) is 0 Å². The zero-order valence-corrected chi connectivity index (χ0v) is 11.9. The summed E-state index contributed by atoms with van der Waals surface area (Å²) in [4.78, 5) is 23.7. The molecule has 1 aliphatic heterocycles. The third kappa shape index (κ3) is 4.13. The van der Waals surface area contributed by atoms with Crippen molar-refractivity contribution in [1.29, 1.82) is 0 Å². The molecule has 1 saturated heterocycles. The highest BCUT2D eigenvalue weighted by atomic mass is 16.5. The van der Waals surface area contributed by atoms with Gasteiger partial charge in [-0.2, -0.15) is 0 Å². The van der Waals surface area contributed by atoms with E-state index in [9.17, 15) is 9.59 Å². The Morgan fingerprint density at radius 2 is 2.43 bits per heavy atom. The van der Waals surface area contributed by atoms with Gasteiger partial charge in [-0.15, -0.1) is 0 Å². The first-order valence-electron chi connectivity index (χ1n) is 6.89.